The van der Waals surface area contributed by atoms with Crippen LogP contribution in [0.5, 0.6) is 0 Å². The largest absolute Gasteiger partial charge is 0.394 e. The molecule has 0 amide bonds. The predicted molar refractivity (Wildman–Crippen MR) is 86.1 cm³/mol. The Morgan fingerprint density at radius 3 is 2.38 bits per heavy atom. The van der Waals surface area contributed by atoms with Crippen LogP contribution in [0, 0.1) is 0 Å². The second-order valence-corrected chi connectivity index (χ2v) is 6.18. The minimum atomic E-state index is -0.405. The molecule has 1 atom stereocenters. The molecule has 1 saturated carbocycles. The van der Waals surface area contributed by atoms with Crippen molar-refractivity contribution in [1.29, 1.82) is 0 Å². The fourth-order valence-corrected chi connectivity index (χ4v) is 2.83. The van der Waals surface area contributed by atoms with Crippen molar-refractivity contribution < 1.29 is 5.11 Å². The summed E-state index contributed by atoms with van der Waals surface area (Å²) >= 11 is 0. The van der Waals surface area contributed by atoms with Crippen molar-refractivity contribution in [2.75, 3.05) is 6.61 Å². The van der Waals surface area contributed by atoms with Gasteiger partial charge in [-0.2, -0.15) is 0 Å². The average molecular weight is 281 g/mol. The van der Waals surface area contributed by atoms with Gasteiger partial charge in [0.15, 0.2) is 0 Å². The number of hydrogen-bond acceptors (Lipinski definition) is 2. The minimum absolute atomic E-state index is 0.0859. The van der Waals surface area contributed by atoms with Crippen LogP contribution >= 0.6 is 0 Å². The molecule has 1 fully saturated rings. The van der Waals surface area contributed by atoms with E-state index in [0.29, 0.717) is 0 Å². The summed E-state index contributed by atoms with van der Waals surface area (Å²) in [5.74, 6) is 0.750. The van der Waals surface area contributed by atoms with Gasteiger partial charge in [-0.3, -0.25) is 0 Å². The Labute approximate surface area is 126 Å². The van der Waals surface area contributed by atoms with Crippen LogP contribution < -0.4 is 5.32 Å². The van der Waals surface area contributed by atoms with Crippen molar-refractivity contribution in [1.82, 2.24) is 5.32 Å². The average Bonchev–Trinajstić information content (AvgIpc) is 3.38. The van der Waals surface area contributed by atoms with E-state index < -0.39 is 5.54 Å². The Balaban J connectivity index is 1.77. The molecule has 1 aliphatic rings. The van der Waals surface area contributed by atoms with E-state index >= 15 is 0 Å². The van der Waals surface area contributed by atoms with Crippen molar-refractivity contribution in [3.05, 3.63) is 71.3 Å². The highest BCUT2D eigenvalue weighted by atomic mass is 16.3. The number of rotatable bonds is 6. The predicted octanol–water partition coefficient (Wildman–Crippen LogP) is 3.56. The van der Waals surface area contributed by atoms with E-state index in [-0.39, 0.29) is 6.61 Å². The molecule has 2 aromatic rings. The fraction of sp³-hybridized carbons (Fsp3) is 0.368. The number of hydrogen-bond donors (Lipinski definition) is 2. The van der Waals surface area contributed by atoms with Crippen LogP contribution in [0.4, 0.5) is 0 Å². The Bertz CT molecular complexity index is 592. The molecule has 0 heterocycles. The number of aliphatic hydroxyl groups excluding tert-OH is 1. The minimum Gasteiger partial charge on any atom is -0.394 e. The van der Waals surface area contributed by atoms with Gasteiger partial charge in [0.1, 0.15) is 0 Å². The van der Waals surface area contributed by atoms with Gasteiger partial charge in [0.25, 0.3) is 0 Å². The summed E-state index contributed by atoms with van der Waals surface area (Å²) in [7, 11) is 0. The molecule has 2 aromatic carbocycles. The highest BCUT2D eigenvalue weighted by Crippen LogP contribution is 2.41. The Morgan fingerprint density at radius 1 is 1.05 bits per heavy atom. The lowest BCUT2D eigenvalue weighted by molar-refractivity contribution is 0.173. The van der Waals surface area contributed by atoms with Gasteiger partial charge in [0.05, 0.1) is 12.1 Å². The summed E-state index contributed by atoms with van der Waals surface area (Å²) in [5.41, 5.74) is 3.54. The van der Waals surface area contributed by atoms with E-state index in [1.807, 2.05) is 18.2 Å². The maximum Gasteiger partial charge on any atom is 0.0652 e. The third kappa shape index (κ3) is 3.17. The van der Waals surface area contributed by atoms with Crippen molar-refractivity contribution in [3.63, 3.8) is 0 Å². The summed E-state index contributed by atoms with van der Waals surface area (Å²) in [5, 5.41) is 13.4. The van der Waals surface area contributed by atoms with E-state index in [1.165, 1.54) is 24.0 Å². The Morgan fingerprint density at radius 2 is 1.71 bits per heavy atom. The van der Waals surface area contributed by atoms with E-state index in [0.717, 1.165) is 18.0 Å². The summed E-state index contributed by atoms with van der Waals surface area (Å²) in [6, 6.07) is 18.8. The van der Waals surface area contributed by atoms with Gasteiger partial charge in [-0.25, -0.2) is 0 Å². The molecule has 0 aliphatic heterocycles. The highest BCUT2D eigenvalue weighted by Gasteiger charge is 2.28. The molecular formula is C19H23NO. The molecule has 0 saturated heterocycles. The smallest absolute Gasteiger partial charge is 0.0652 e. The maximum absolute atomic E-state index is 9.85. The zero-order valence-electron chi connectivity index (χ0n) is 12.5. The van der Waals surface area contributed by atoms with Crippen molar-refractivity contribution in [2.24, 2.45) is 0 Å². The van der Waals surface area contributed by atoms with Crippen LogP contribution in [0.3, 0.4) is 0 Å². The summed E-state index contributed by atoms with van der Waals surface area (Å²) in [6.45, 7) is 2.93. The van der Waals surface area contributed by atoms with Gasteiger partial charge in [0.2, 0.25) is 0 Å². The van der Waals surface area contributed by atoms with Gasteiger partial charge in [-0.1, -0.05) is 54.6 Å². The van der Waals surface area contributed by atoms with Crippen LogP contribution in [0.15, 0.2) is 54.6 Å². The molecule has 110 valence electrons. The molecule has 0 spiro atoms. The fourth-order valence-electron chi connectivity index (χ4n) is 2.83. The molecule has 2 nitrogen and oxygen atoms in total. The molecule has 21 heavy (non-hydrogen) atoms. The summed E-state index contributed by atoms with van der Waals surface area (Å²) in [6.07, 6.45) is 2.62. The topological polar surface area (TPSA) is 32.3 Å². The van der Waals surface area contributed by atoms with E-state index in [2.05, 4.69) is 48.6 Å². The first-order valence-corrected chi connectivity index (χ1v) is 7.72. The number of nitrogens with one attached hydrogen (secondary N) is 1. The second kappa shape index (κ2) is 6.00. The van der Waals surface area contributed by atoms with Crippen LogP contribution in [0.2, 0.25) is 0 Å². The Kier molecular flexibility index (Phi) is 4.09. The third-order valence-electron chi connectivity index (χ3n) is 4.47. The number of benzene rings is 2. The molecule has 2 heteroatoms. The van der Waals surface area contributed by atoms with Crippen LogP contribution in [0.25, 0.3) is 0 Å². The highest BCUT2D eigenvalue weighted by molar-refractivity contribution is 5.33. The van der Waals surface area contributed by atoms with Gasteiger partial charge in [-0.05, 0) is 42.4 Å². The molecule has 0 aromatic heterocycles. The zero-order valence-corrected chi connectivity index (χ0v) is 12.5. The van der Waals surface area contributed by atoms with Crippen LogP contribution in [-0.2, 0) is 12.1 Å². The summed E-state index contributed by atoms with van der Waals surface area (Å²) in [4.78, 5) is 0. The molecule has 1 aliphatic carbocycles. The van der Waals surface area contributed by atoms with E-state index in [1.54, 1.807) is 0 Å². The van der Waals surface area contributed by atoms with Crippen molar-refractivity contribution in [3.8, 4) is 0 Å². The third-order valence-corrected chi connectivity index (χ3v) is 4.47. The Hall–Kier alpha value is -1.64. The lowest BCUT2D eigenvalue weighted by Gasteiger charge is -2.30. The lowest BCUT2D eigenvalue weighted by atomic mass is 9.92. The first kappa shape index (κ1) is 14.3. The quantitative estimate of drug-likeness (QED) is 0.848. The summed E-state index contributed by atoms with van der Waals surface area (Å²) < 4.78 is 0. The van der Waals surface area contributed by atoms with E-state index in [9.17, 15) is 5.11 Å². The van der Waals surface area contributed by atoms with Crippen LogP contribution in [0.1, 0.15) is 42.4 Å². The molecular weight excluding hydrogens is 258 g/mol. The standard InChI is InChI=1S/C19H23NO/c1-19(14-21,17-8-3-2-4-9-17)20-13-16-7-5-6-10-18(16)15-11-12-15/h2-10,15,20-21H,11-14H2,1H3. The second-order valence-electron chi connectivity index (χ2n) is 6.18. The molecule has 2 N–H and O–H groups in total. The SMILES string of the molecule is CC(CO)(NCc1ccccc1C1CC1)c1ccccc1. The first-order valence-electron chi connectivity index (χ1n) is 7.72. The molecule has 0 radical (unpaired) electrons. The van der Waals surface area contributed by atoms with Crippen LogP contribution in [-0.4, -0.2) is 11.7 Å². The monoisotopic (exact) mass is 281 g/mol. The first-order chi connectivity index (χ1) is 10.2. The number of aliphatic hydroxyl groups is 1. The van der Waals surface area contributed by atoms with Gasteiger partial charge < -0.3 is 10.4 Å². The van der Waals surface area contributed by atoms with Crippen molar-refractivity contribution >= 4 is 0 Å². The molecule has 0 bridgehead atoms. The van der Waals surface area contributed by atoms with Gasteiger partial charge in [0, 0.05) is 6.54 Å². The van der Waals surface area contributed by atoms with E-state index in [4.69, 9.17) is 0 Å². The van der Waals surface area contributed by atoms with Crippen molar-refractivity contribution in [2.45, 2.75) is 37.8 Å². The zero-order chi connectivity index (χ0) is 14.7. The molecule has 1 unspecified atom stereocenters. The maximum atomic E-state index is 9.85. The normalized spacial score (nSPS) is 17.4. The lowest BCUT2D eigenvalue weighted by Crippen LogP contribution is -2.42. The molecule has 3 rings (SSSR count). The van der Waals surface area contributed by atoms with Gasteiger partial charge >= 0.3 is 0 Å². The van der Waals surface area contributed by atoms with Gasteiger partial charge in [-0.15, -0.1) is 0 Å².